The third kappa shape index (κ3) is 14.9. The predicted molar refractivity (Wildman–Crippen MR) is 277 cm³/mol. The van der Waals surface area contributed by atoms with Gasteiger partial charge in [-0.05, 0) is 45.5 Å². The Morgan fingerprint density at radius 1 is 0.351 bits per heavy atom. The van der Waals surface area contributed by atoms with Gasteiger partial charge in [0.15, 0.2) is 18.7 Å². The van der Waals surface area contributed by atoms with Crippen molar-refractivity contribution in [2.24, 2.45) is 0 Å². The van der Waals surface area contributed by atoms with Gasteiger partial charge in [-0.15, -0.1) is 0 Å². The molecule has 0 aliphatic carbocycles. The van der Waals surface area contributed by atoms with Crippen molar-refractivity contribution in [3.8, 4) is 0 Å². The van der Waals surface area contributed by atoms with Gasteiger partial charge >= 0.3 is 5.97 Å². The molecule has 0 N–H and O–H groups in total. The second kappa shape index (κ2) is 27.8. The summed E-state index contributed by atoms with van der Waals surface area (Å²) in [6, 6.07) is 68.1. The smallest absolute Gasteiger partial charge is 0.338 e. The number of carbonyl (C=O) groups excluding carboxylic acids is 1. The van der Waals surface area contributed by atoms with Crippen molar-refractivity contribution < 1.29 is 56.9 Å². The Labute approximate surface area is 433 Å². The van der Waals surface area contributed by atoms with E-state index >= 15 is 0 Å². The molecule has 0 saturated carbocycles. The lowest BCUT2D eigenvalue weighted by atomic mass is 9.96. The van der Waals surface area contributed by atoms with Crippen LogP contribution in [0, 0.1) is 0 Å². The van der Waals surface area contributed by atoms with Gasteiger partial charge in [-0.25, -0.2) is 4.79 Å². The molecule has 12 nitrogen and oxygen atoms in total. The standard InChI is InChI=1S/C62H64O12/c1-64-61-58(69-41-49-31-17-6-18-32-49)56(68-40-48-29-15-5-16-30-48)54(66-38-46-25-11-3-12-26-46)53(72-61)44-71-62-59(70-42-50-33-19-7-20-34-50)57(74-60(63)51-35-21-8-22-36-51)55(67-39-47-27-13-4-14-28-47)52(73-62)43-65-37-45-23-9-2-10-24-45/h2-36,52-59,61-62H,37-44H2,1H3/t52-,53-,54-,55-,56+,57+,58-,59+,61+,62?/m1/s1. The normalized spacial score (nSPS) is 23.7. The SMILES string of the molecule is CO[C@H]1O[C@H](COC2O[C@H](COCc3ccccc3)[C@@H](OCc3ccccc3)[C@H](OC(=O)c3ccccc3)[C@@H]2OCc2ccccc2)[C@@H](OCc2ccccc2)[C@H](OCc2ccccc2)[C@H]1OCc1ccccc1. The van der Waals surface area contributed by atoms with Crippen LogP contribution in [0.1, 0.15) is 43.7 Å². The fourth-order valence-electron chi connectivity index (χ4n) is 9.08. The van der Waals surface area contributed by atoms with E-state index in [9.17, 15) is 4.79 Å². The van der Waals surface area contributed by atoms with Crippen LogP contribution in [-0.4, -0.2) is 87.7 Å². The van der Waals surface area contributed by atoms with Crippen LogP contribution >= 0.6 is 0 Å². The Morgan fingerprint density at radius 3 is 1.09 bits per heavy atom. The van der Waals surface area contributed by atoms with Gasteiger partial charge in [-0.3, -0.25) is 0 Å². The average Bonchev–Trinajstić information content (AvgIpc) is 3.46. The number of hydrogen-bond acceptors (Lipinski definition) is 12. The van der Waals surface area contributed by atoms with E-state index in [0.29, 0.717) is 12.2 Å². The van der Waals surface area contributed by atoms with Crippen molar-refractivity contribution in [1.82, 2.24) is 0 Å². The highest BCUT2D eigenvalue weighted by Crippen LogP contribution is 2.35. The number of rotatable bonds is 25. The molecule has 0 amide bonds. The largest absolute Gasteiger partial charge is 0.453 e. The van der Waals surface area contributed by atoms with Crippen LogP contribution in [0.5, 0.6) is 0 Å². The fourth-order valence-corrected chi connectivity index (χ4v) is 9.08. The topological polar surface area (TPSA) is 119 Å². The van der Waals surface area contributed by atoms with Gasteiger partial charge < -0.3 is 52.1 Å². The molecular formula is C62H64O12. The van der Waals surface area contributed by atoms with E-state index in [4.69, 9.17) is 52.1 Å². The van der Waals surface area contributed by atoms with Crippen LogP contribution in [0.2, 0.25) is 0 Å². The fraction of sp³-hybridized carbons (Fsp3) is 0.306. The van der Waals surface area contributed by atoms with Crippen LogP contribution in [0.3, 0.4) is 0 Å². The molecule has 9 rings (SSSR count). The monoisotopic (exact) mass is 1000 g/mol. The lowest BCUT2D eigenvalue weighted by Crippen LogP contribution is -2.64. The van der Waals surface area contributed by atoms with E-state index in [-0.39, 0.29) is 46.2 Å². The summed E-state index contributed by atoms with van der Waals surface area (Å²) < 4.78 is 74.2. The van der Waals surface area contributed by atoms with E-state index in [2.05, 4.69) is 0 Å². The molecular weight excluding hydrogens is 937 g/mol. The molecule has 0 aromatic heterocycles. The minimum Gasteiger partial charge on any atom is -0.453 e. The Balaban J connectivity index is 1.06. The van der Waals surface area contributed by atoms with Gasteiger partial charge in [0, 0.05) is 7.11 Å². The molecule has 2 aliphatic rings. The summed E-state index contributed by atoms with van der Waals surface area (Å²) in [6.07, 6.45) is -8.91. The highest BCUT2D eigenvalue weighted by molar-refractivity contribution is 5.89. The maximum Gasteiger partial charge on any atom is 0.338 e. The quantitative estimate of drug-likeness (QED) is 0.0507. The molecule has 74 heavy (non-hydrogen) atoms. The third-order valence-electron chi connectivity index (χ3n) is 12.9. The number of ether oxygens (including phenoxy) is 11. The van der Waals surface area contributed by atoms with Crippen LogP contribution in [-0.2, 0) is 91.7 Å². The highest BCUT2D eigenvalue weighted by Gasteiger charge is 2.53. The first kappa shape index (κ1) is 52.5. The zero-order valence-electron chi connectivity index (χ0n) is 41.5. The number of benzene rings is 7. The maximum atomic E-state index is 14.3. The van der Waals surface area contributed by atoms with Crippen molar-refractivity contribution >= 4 is 5.97 Å². The van der Waals surface area contributed by atoms with Gasteiger partial charge in [0.2, 0.25) is 0 Å². The summed E-state index contributed by atoms with van der Waals surface area (Å²) in [5.74, 6) is -0.560. The molecule has 384 valence electrons. The molecule has 7 aromatic rings. The summed E-state index contributed by atoms with van der Waals surface area (Å²) in [5.41, 5.74) is 6.06. The molecule has 2 saturated heterocycles. The Kier molecular flexibility index (Phi) is 19.7. The first-order chi connectivity index (χ1) is 36.6. The summed E-state index contributed by atoms with van der Waals surface area (Å²) in [4.78, 5) is 14.3. The Bertz CT molecular complexity index is 2650. The summed E-state index contributed by atoms with van der Waals surface area (Å²) in [6.45, 7) is 1.35. The zero-order chi connectivity index (χ0) is 50.6. The van der Waals surface area contributed by atoms with Gasteiger partial charge in [-0.1, -0.05) is 200 Å². The van der Waals surface area contributed by atoms with Crippen LogP contribution in [0.25, 0.3) is 0 Å². The van der Waals surface area contributed by atoms with Crippen molar-refractivity contribution in [2.75, 3.05) is 20.3 Å². The number of hydrogen-bond donors (Lipinski definition) is 0. The predicted octanol–water partition coefficient (Wildman–Crippen LogP) is 10.5. The lowest BCUT2D eigenvalue weighted by molar-refractivity contribution is -0.347. The van der Waals surface area contributed by atoms with E-state index in [0.717, 1.165) is 33.4 Å². The van der Waals surface area contributed by atoms with Gasteiger partial charge in [0.1, 0.15) is 42.7 Å². The third-order valence-corrected chi connectivity index (χ3v) is 12.9. The molecule has 0 bridgehead atoms. The van der Waals surface area contributed by atoms with E-state index < -0.39 is 67.4 Å². The minimum atomic E-state index is -1.16. The molecule has 1 unspecified atom stereocenters. The molecule has 10 atom stereocenters. The highest BCUT2D eigenvalue weighted by atomic mass is 16.8. The van der Waals surface area contributed by atoms with Crippen LogP contribution < -0.4 is 0 Å². The summed E-state index contributed by atoms with van der Waals surface area (Å²) in [7, 11) is 1.58. The number of esters is 1. The molecule has 0 radical (unpaired) electrons. The first-order valence-corrected chi connectivity index (χ1v) is 25.2. The van der Waals surface area contributed by atoms with Gasteiger partial charge in [-0.2, -0.15) is 0 Å². The van der Waals surface area contributed by atoms with Crippen molar-refractivity contribution in [3.05, 3.63) is 251 Å². The van der Waals surface area contributed by atoms with E-state index in [1.807, 2.05) is 188 Å². The number of methoxy groups -OCH3 is 1. The van der Waals surface area contributed by atoms with Crippen molar-refractivity contribution in [2.45, 2.75) is 101 Å². The molecule has 2 heterocycles. The van der Waals surface area contributed by atoms with E-state index in [1.165, 1.54) is 0 Å². The second-order valence-electron chi connectivity index (χ2n) is 18.2. The van der Waals surface area contributed by atoms with Crippen LogP contribution in [0.4, 0.5) is 0 Å². The van der Waals surface area contributed by atoms with Crippen LogP contribution in [0.15, 0.2) is 212 Å². The zero-order valence-corrected chi connectivity index (χ0v) is 41.5. The summed E-state index contributed by atoms with van der Waals surface area (Å²) >= 11 is 0. The van der Waals surface area contributed by atoms with E-state index in [1.54, 1.807) is 31.4 Å². The Hall–Kier alpha value is -6.39. The summed E-state index contributed by atoms with van der Waals surface area (Å²) in [5, 5.41) is 0. The van der Waals surface area contributed by atoms with Crippen molar-refractivity contribution in [3.63, 3.8) is 0 Å². The molecule has 12 heteroatoms. The number of carbonyl (C=O) groups is 1. The first-order valence-electron chi connectivity index (χ1n) is 25.2. The molecule has 0 spiro atoms. The average molecular weight is 1000 g/mol. The maximum absolute atomic E-state index is 14.3. The molecule has 2 fully saturated rings. The Morgan fingerprint density at radius 2 is 0.676 bits per heavy atom. The lowest BCUT2D eigenvalue weighted by Gasteiger charge is -2.47. The van der Waals surface area contributed by atoms with Gasteiger partial charge in [0.25, 0.3) is 0 Å². The second-order valence-corrected chi connectivity index (χ2v) is 18.2. The minimum absolute atomic E-state index is 0.0589. The molecule has 2 aliphatic heterocycles. The van der Waals surface area contributed by atoms with Crippen molar-refractivity contribution in [1.29, 1.82) is 0 Å². The molecule has 7 aromatic carbocycles. The van der Waals surface area contributed by atoms with Gasteiger partial charge in [0.05, 0.1) is 58.4 Å².